The van der Waals surface area contributed by atoms with Gasteiger partial charge in [-0.3, -0.25) is 4.79 Å². The first kappa shape index (κ1) is 10.1. The first-order chi connectivity index (χ1) is 5.58. The molecule has 0 aromatic heterocycles. The maximum Gasteiger partial charge on any atom is 0.146 e. The van der Waals surface area contributed by atoms with E-state index in [2.05, 4.69) is 20.8 Å². The van der Waals surface area contributed by atoms with Crippen LogP contribution in [0, 0.1) is 5.41 Å². The van der Waals surface area contributed by atoms with Gasteiger partial charge >= 0.3 is 0 Å². The van der Waals surface area contributed by atoms with Crippen molar-refractivity contribution in [2.75, 3.05) is 5.75 Å². The van der Waals surface area contributed by atoms with Gasteiger partial charge in [0.15, 0.2) is 0 Å². The molecule has 70 valence electrons. The third-order valence-electron chi connectivity index (χ3n) is 2.53. The van der Waals surface area contributed by atoms with Crippen LogP contribution in [0.4, 0.5) is 0 Å². The first-order valence-electron chi connectivity index (χ1n) is 4.72. The van der Waals surface area contributed by atoms with E-state index in [1.54, 1.807) is 0 Å². The Balaban J connectivity index is 2.56. The van der Waals surface area contributed by atoms with Crippen molar-refractivity contribution in [1.29, 1.82) is 0 Å². The molecule has 1 unspecified atom stereocenters. The van der Waals surface area contributed by atoms with Gasteiger partial charge in [-0.05, 0) is 24.0 Å². The van der Waals surface area contributed by atoms with Gasteiger partial charge in [0.1, 0.15) is 5.78 Å². The third kappa shape index (κ3) is 2.03. The molecule has 2 heteroatoms. The second-order valence-corrected chi connectivity index (χ2v) is 5.42. The minimum absolute atomic E-state index is 0.247. The number of rotatable bonds is 3. The Kier molecular flexibility index (Phi) is 3.22. The largest absolute Gasteiger partial charge is 0.298 e. The van der Waals surface area contributed by atoms with Gasteiger partial charge in [-0.15, -0.1) is 0 Å². The van der Waals surface area contributed by atoms with Crippen LogP contribution in [-0.4, -0.2) is 16.8 Å². The molecule has 0 aromatic rings. The Bertz CT molecular complexity index is 175. The average molecular weight is 186 g/mol. The van der Waals surface area contributed by atoms with E-state index in [-0.39, 0.29) is 10.7 Å². The van der Waals surface area contributed by atoms with Crippen LogP contribution >= 0.6 is 11.8 Å². The number of ketones is 1. The summed E-state index contributed by atoms with van der Waals surface area (Å²) in [5.41, 5.74) is 0.247. The molecule has 0 aromatic carbocycles. The summed E-state index contributed by atoms with van der Waals surface area (Å²) in [6.07, 6.45) is 2.95. The van der Waals surface area contributed by atoms with Crippen LogP contribution in [-0.2, 0) is 4.79 Å². The van der Waals surface area contributed by atoms with E-state index in [9.17, 15) is 4.79 Å². The third-order valence-corrected chi connectivity index (χ3v) is 4.20. The lowest BCUT2D eigenvalue weighted by atomic mass is 9.84. The maximum atomic E-state index is 11.6. The predicted octanol–water partition coefficient (Wildman–Crippen LogP) is 2.89. The predicted molar refractivity (Wildman–Crippen MR) is 54.6 cm³/mol. The summed E-state index contributed by atoms with van der Waals surface area (Å²) in [6.45, 7) is 6.50. The summed E-state index contributed by atoms with van der Waals surface area (Å²) in [5.74, 6) is 1.62. The van der Waals surface area contributed by atoms with Gasteiger partial charge in [0.05, 0.1) is 5.25 Å². The molecule has 0 spiro atoms. The van der Waals surface area contributed by atoms with Gasteiger partial charge < -0.3 is 0 Å². The van der Waals surface area contributed by atoms with Crippen LogP contribution in [0.3, 0.4) is 0 Å². The molecule has 1 aliphatic rings. The topological polar surface area (TPSA) is 17.1 Å². The number of hydrogen-bond donors (Lipinski definition) is 0. The monoisotopic (exact) mass is 186 g/mol. The summed E-state index contributed by atoms with van der Waals surface area (Å²) < 4.78 is 0. The van der Waals surface area contributed by atoms with Crippen LogP contribution in [0.25, 0.3) is 0 Å². The number of carbonyl (C=O) groups excluding carboxylic acids is 1. The fraction of sp³-hybridized carbons (Fsp3) is 0.900. The van der Waals surface area contributed by atoms with Crippen molar-refractivity contribution in [2.45, 2.75) is 45.3 Å². The lowest BCUT2D eigenvalue weighted by Crippen LogP contribution is -2.29. The van der Waals surface area contributed by atoms with Crippen molar-refractivity contribution >= 4 is 17.5 Å². The van der Waals surface area contributed by atoms with Gasteiger partial charge in [-0.1, -0.05) is 20.8 Å². The SMILES string of the molecule is CCCC(=O)C1SCCC1(C)C. The number of thioether (sulfide) groups is 1. The quantitative estimate of drug-likeness (QED) is 0.674. The average Bonchev–Trinajstić information content (AvgIpc) is 2.30. The van der Waals surface area contributed by atoms with Gasteiger partial charge in [-0.2, -0.15) is 11.8 Å². The lowest BCUT2D eigenvalue weighted by Gasteiger charge is -2.24. The maximum absolute atomic E-state index is 11.6. The first-order valence-corrected chi connectivity index (χ1v) is 5.77. The van der Waals surface area contributed by atoms with Crippen molar-refractivity contribution in [3.8, 4) is 0 Å². The number of carbonyl (C=O) groups is 1. The zero-order valence-electron chi connectivity index (χ0n) is 8.22. The minimum Gasteiger partial charge on any atom is -0.298 e. The molecule has 0 bridgehead atoms. The summed E-state index contributed by atoms with van der Waals surface area (Å²) in [4.78, 5) is 11.6. The fourth-order valence-corrected chi connectivity index (χ4v) is 3.46. The molecule has 1 fully saturated rings. The van der Waals surface area contributed by atoms with E-state index in [0.717, 1.165) is 18.6 Å². The summed E-state index contributed by atoms with van der Waals surface area (Å²) in [7, 11) is 0. The van der Waals surface area contributed by atoms with Crippen molar-refractivity contribution in [3.63, 3.8) is 0 Å². The van der Waals surface area contributed by atoms with Crippen LogP contribution in [0.1, 0.15) is 40.0 Å². The molecule has 12 heavy (non-hydrogen) atoms. The van der Waals surface area contributed by atoms with Crippen LogP contribution < -0.4 is 0 Å². The van der Waals surface area contributed by atoms with Gasteiger partial charge in [0.2, 0.25) is 0 Å². The Hall–Kier alpha value is 0.0200. The second-order valence-electron chi connectivity index (χ2n) is 4.21. The molecular formula is C10H18OS. The second kappa shape index (κ2) is 3.82. The fourth-order valence-electron chi connectivity index (χ4n) is 1.70. The molecule has 1 saturated heterocycles. The van der Waals surface area contributed by atoms with Crippen LogP contribution in [0.15, 0.2) is 0 Å². The molecule has 0 radical (unpaired) electrons. The van der Waals surface area contributed by atoms with Crippen molar-refractivity contribution in [1.82, 2.24) is 0 Å². The molecule has 1 rings (SSSR count). The zero-order valence-corrected chi connectivity index (χ0v) is 9.04. The molecule has 0 N–H and O–H groups in total. The van der Waals surface area contributed by atoms with Crippen molar-refractivity contribution < 1.29 is 4.79 Å². The number of Topliss-reactive ketones (excluding diaryl/α,β-unsaturated/α-hetero) is 1. The lowest BCUT2D eigenvalue weighted by molar-refractivity contribution is -0.120. The van der Waals surface area contributed by atoms with Gasteiger partial charge in [0, 0.05) is 6.42 Å². The highest BCUT2D eigenvalue weighted by atomic mass is 32.2. The molecule has 1 heterocycles. The Morgan fingerprint density at radius 3 is 2.67 bits per heavy atom. The highest BCUT2D eigenvalue weighted by molar-refractivity contribution is 8.00. The normalized spacial score (nSPS) is 27.4. The van der Waals surface area contributed by atoms with Gasteiger partial charge in [0.25, 0.3) is 0 Å². The standard InChI is InChI=1S/C10H18OS/c1-4-5-8(11)9-10(2,3)6-7-12-9/h9H,4-7H2,1-3H3. The van der Waals surface area contributed by atoms with E-state index in [0.29, 0.717) is 5.78 Å². The van der Waals surface area contributed by atoms with E-state index >= 15 is 0 Å². The molecule has 1 atom stereocenters. The van der Waals surface area contributed by atoms with Gasteiger partial charge in [-0.25, -0.2) is 0 Å². The summed E-state index contributed by atoms with van der Waals surface area (Å²) >= 11 is 1.85. The molecule has 1 aliphatic heterocycles. The van der Waals surface area contributed by atoms with Crippen LogP contribution in [0.2, 0.25) is 0 Å². The zero-order chi connectivity index (χ0) is 9.19. The molecule has 0 saturated carbocycles. The summed E-state index contributed by atoms with van der Waals surface area (Å²) in [5, 5.41) is 0.275. The molecule has 1 nitrogen and oxygen atoms in total. The number of hydrogen-bond acceptors (Lipinski definition) is 2. The van der Waals surface area contributed by atoms with E-state index < -0.39 is 0 Å². The molecule has 0 aliphatic carbocycles. The highest BCUT2D eigenvalue weighted by Gasteiger charge is 2.39. The highest BCUT2D eigenvalue weighted by Crippen LogP contribution is 2.43. The Morgan fingerprint density at radius 2 is 2.25 bits per heavy atom. The van der Waals surface area contributed by atoms with E-state index in [4.69, 9.17) is 0 Å². The summed E-state index contributed by atoms with van der Waals surface area (Å²) in [6, 6.07) is 0. The van der Waals surface area contributed by atoms with Crippen molar-refractivity contribution in [3.05, 3.63) is 0 Å². The molecular weight excluding hydrogens is 168 g/mol. The van der Waals surface area contributed by atoms with E-state index in [1.165, 1.54) is 6.42 Å². The Morgan fingerprint density at radius 1 is 1.58 bits per heavy atom. The smallest absolute Gasteiger partial charge is 0.146 e. The van der Waals surface area contributed by atoms with Crippen molar-refractivity contribution in [2.24, 2.45) is 5.41 Å². The minimum atomic E-state index is 0.247. The molecule has 0 amide bonds. The van der Waals surface area contributed by atoms with E-state index in [1.807, 2.05) is 11.8 Å². The van der Waals surface area contributed by atoms with Crippen LogP contribution in [0.5, 0.6) is 0 Å². The Labute approximate surface area is 79.3 Å².